The van der Waals surface area contributed by atoms with E-state index in [0.29, 0.717) is 0 Å². The number of nitro groups is 1. The highest BCUT2D eigenvalue weighted by molar-refractivity contribution is 7.50. The van der Waals surface area contributed by atoms with Gasteiger partial charge in [-0.1, -0.05) is 17.7 Å². The van der Waals surface area contributed by atoms with E-state index in [-0.39, 0.29) is 10.8 Å². The van der Waals surface area contributed by atoms with Gasteiger partial charge in [-0.05, 0) is 6.07 Å². The highest BCUT2D eigenvalue weighted by atomic mass is 35.5. The minimum Gasteiger partial charge on any atom is -0.412 e. The molecule has 0 fully saturated rings. The smallest absolute Gasteiger partial charge is 0.412 e. The zero-order chi connectivity index (χ0) is 11.6. The fraction of sp³-hybridized carbons (Fsp3) is 0. The standard InChI is InChI=1S/C6H6ClN2O5P/c7-6-4(9(10)11)2-1-3-5(6)14-15(8,12)13/h1-3H,(H3,8,12,13). The van der Waals surface area contributed by atoms with Crippen molar-refractivity contribution >= 4 is 25.0 Å². The molecule has 15 heavy (non-hydrogen) atoms. The molecular formula is C6H6ClN2O5P. The molecule has 0 spiro atoms. The van der Waals surface area contributed by atoms with Crippen molar-refractivity contribution < 1.29 is 18.9 Å². The van der Waals surface area contributed by atoms with Crippen molar-refractivity contribution in [1.82, 2.24) is 0 Å². The Balaban J connectivity index is 3.16. The van der Waals surface area contributed by atoms with Gasteiger partial charge in [-0.15, -0.1) is 0 Å². The summed E-state index contributed by atoms with van der Waals surface area (Å²) in [5.74, 6) is -0.306. The van der Waals surface area contributed by atoms with Gasteiger partial charge in [-0.3, -0.25) is 10.1 Å². The molecule has 0 aliphatic rings. The zero-order valence-corrected chi connectivity index (χ0v) is 8.81. The van der Waals surface area contributed by atoms with Crippen molar-refractivity contribution in [2.24, 2.45) is 5.50 Å². The summed E-state index contributed by atoms with van der Waals surface area (Å²) in [6, 6.07) is 3.59. The van der Waals surface area contributed by atoms with Crippen LogP contribution < -0.4 is 10.0 Å². The van der Waals surface area contributed by atoms with Gasteiger partial charge in [-0.2, -0.15) is 0 Å². The molecule has 1 aromatic carbocycles. The van der Waals surface area contributed by atoms with Gasteiger partial charge < -0.3 is 9.42 Å². The van der Waals surface area contributed by atoms with Crippen molar-refractivity contribution in [3.05, 3.63) is 33.3 Å². The second-order valence-electron chi connectivity index (χ2n) is 2.50. The van der Waals surface area contributed by atoms with Crippen LogP contribution in [0.25, 0.3) is 0 Å². The van der Waals surface area contributed by atoms with Gasteiger partial charge in [-0.25, -0.2) is 10.1 Å². The van der Waals surface area contributed by atoms with Crippen LogP contribution in [0.5, 0.6) is 5.75 Å². The van der Waals surface area contributed by atoms with E-state index in [1.54, 1.807) is 0 Å². The summed E-state index contributed by atoms with van der Waals surface area (Å²) in [5, 5.41) is 10.1. The van der Waals surface area contributed by atoms with E-state index in [9.17, 15) is 14.7 Å². The van der Waals surface area contributed by atoms with E-state index in [1.807, 2.05) is 0 Å². The van der Waals surface area contributed by atoms with Crippen LogP contribution in [0.3, 0.4) is 0 Å². The molecule has 1 aromatic rings. The van der Waals surface area contributed by atoms with Gasteiger partial charge in [0.1, 0.15) is 0 Å². The van der Waals surface area contributed by atoms with Gasteiger partial charge in [0.05, 0.1) is 4.92 Å². The van der Waals surface area contributed by atoms with Gasteiger partial charge in [0.15, 0.2) is 10.8 Å². The summed E-state index contributed by atoms with van der Waals surface area (Å²) in [7, 11) is -4.27. The lowest BCUT2D eigenvalue weighted by molar-refractivity contribution is -0.384. The third-order valence-corrected chi connectivity index (χ3v) is 2.21. The van der Waals surface area contributed by atoms with Crippen LogP contribution in [-0.2, 0) is 4.57 Å². The average Bonchev–Trinajstić information content (AvgIpc) is 2.05. The minimum atomic E-state index is -4.27. The first-order chi connectivity index (χ1) is 6.81. The van der Waals surface area contributed by atoms with Crippen molar-refractivity contribution in [1.29, 1.82) is 0 Å². The maximum absolute atomic E-state index is 10.7. The van der Waals surface area contributed by atoms with Crippen LogP contribution in [-0.4, -0.2) is 9.82 Å². The Morgan fingerprint density at radius 1 is 1.60 bits per heavy atom. The SMILES string of the molecule is NP(=O)(O)Oc1cccc([N+](=O)[O-])c1Cl. The van der Waals surface area contributed by atoms with Gasteiger partial charge in [0.25, 0.3) is 5.69 Å². The van der Waals surface area contributed by atoms with Crippen molar-refractivity contribution in [2.75, 3.05) is 0 Å². The molecule has 0 saturated carbocycles. The topological polar surface area (TPSA) is 116 Å². The Morgan fingerprint density at radius 2 is 2.20 bits per heavy atom. The van der Waals surface area contributed by atoms with Crippen molar-refractivity contribution in [2.45, 2.75) is 0 Å². The summed E-state index contributed by atoms with van der Waals surface area (Å²) in [6.07, 6.45) is 0. The number of hydrogen-bond donors (Lipinski definition) is 2. The molecule has 1 atom stereocenters. The fourth-order valence-electron chi connectivity index (χ4n) is 0.852. The second-order valence-corrected chi connectivity index (χ2v) is 4.19. The Kier molecular flexibility index (Phi) is 3.31. The molecule has 7 nitrogen and oxygen atoms in total. The predicted molar refractivity (Wildman–Crippen MR) is 52.7 cm³/mol. The number of nitrogens with zero attached hydrogens (tertiary/aromatic N) is 1. The number of hydrogen-bond acceptors (Lipinski definition) is 4. The molecule has 1 unspecified atom stereocenters. The number of nitrogens with two attached hydrogens (primary N) is 1. The quantitative estimate of drug-likeness (QED) is 0.480. The number of rotatable bonds is 3. The summed E-state index contributed by atoms with van der Waals surface area (Å²) in [5.41, 5.74) is 4.29. The molecule has 0 saturated heterocycles. The lowest BCUT2D eigenvalue weighted by Crippen LogP contribution is -2.01. The van der Waals surface area contributed by atoms with Crippen molar-refractivity contribution in [3.63, 3.8) is 0 Å². The van der Waals surface area contributed by atoms with E-state index in [1.165, 1.54) is 12.1 Å². The Labute approximate surface area is 89.2 Å². The molecule has 1 rings (SSSR count). The van der Waals surface area contributed by atoms with Gasteiger partial charge >= 0.3 is 7.75 Å². The molecule has 0 heterocycles. The number of benzene rings is 1. The first-order valence-electron chi connectivity index (χ1n) is 3.55. The lowest BCUT2D eigenvalue weighted by atomic mass is 10.3. The summed E-state index contributed by atoms with van der Waals surface area (Å²) < 4.78 is 15.1. The molecular weight excluding hydrogens is 247 g/mol. The maximum Gasteiger partial charge on any atom is 0.453 e. The van der Waals surface area contributed by atoms with Gasteiger partial charge in [0.2, 0.25) is 0 Å². The molecule has 0 radical (unpaired) electrons. The zero-order valence-electron chi connectivity index (χ0n) is 7.16. The highest BCUT2D eigenvalue weighted by Crippen LogP contribution is 2.41. The minimum absolute atomic E-state index is 0.306. The molecule has 0 bridgehead atoms. The van der Waals surface area contributed by atoms with E-state index >= 15 is 0 Å². The molecule has 0 aromatic heterocycles. The molecule has 3 N–H and O–H groups in total. The van der Waals surface area contributed by atoms with Gasteiger partial charge in [0, 0.05) is 6.07 Å². The maximum atomic E-state index is 10.7. The van der Waals surface area contributed by atoms with E-state index in [0.717, 1.165) is 6.07 Å². The van der Waals surface area contributed by atoms with Crippen LogP contribution in [0.1, 0.15) is 0 Å². The van der Waals surface area contributed by atoms with E-state index in [4.69, 9.17) is 22.0 Å². The van der Waals surface area contributed by atoms with Crippen LogP contribution in [0.15, 0.2) is 18.2 Å². The van der Waals surface area contributed by atoms with Crippen LogP contribution in [0.2, 0.25) is 5.02 Å². The molecule has 82 valence electrons. The molecule has 0 aliphatic carbocycles. The first kappa shape index (κ1) is 11.9. The third kappa shape index (κ3) is 3.17. The predicted octanol–water partition coefficient (Wildman–Crippen LogP) is 1.69. The summed E-state index contributed by atoms with van der Waals surface area (Å²) in [6.45, 7) is 0. The largest absolute Gasteiger partial charge is 0.453 e. The number of halogens is 1. The second kappa shape index (κ2) is 4.16. The van der Waals surface area contributed by atoms with Crippen LogP contribution in [0.4, 0.5) is 5.69 Å². The average molecular weight is 253 g/mol. The highest BCUT2D eigenvalue weighted by Gasteiger charge is 2.21. The lowest BCUT2D eigenvalue weighted by Gasteiger charge is -2.08. The van der Waals surface area contributed by atoms with E-state index < -0.39 is 18.4 Å². The van der Waals surface area contributed by atoms with Crippen LogP contribution >= 0.6 is 19.3 Å². The molecule has 9 heteroatoms. The third-order valence-electron chi connectivity index (χ3n) is 1.37. The molecule has 0 aliphatic heterocycles. The molecule has 0 amide bonds. The van der Waals surface area contributed by atoms with E-state index in [2.05, 4.69) is 4.52 Å². The fourth-order valence-corrected chi connectivity index (χ4v) is 1.57. The van der Waals surface area contributed by atoms with Crippen LogP contribution in [0, 0.1) is 10.1 Å². The summed E-state index contributed by atoms with van der Waals surface area (Å²) >= 11 is 5.56. The normalized spacial score (nSPS) is 14.3. The summed E-state index contributed by atoms with van der Waals surface area (Å²) in [4.78, 5) is 18.4. The Bertz CT molecular complexity index is 445. The Hall–Kier alpha value is -1.14. The first-order valence-corrected chi connectivity index (χ1v) is 5.57. The van der Waals surface area contributed by atoms with Crippen molar-refractivity contribution in [3.8, 4) is 5.75 Å². The number of nitro benzene ring substituents is 1. The Morgan fingerprint density at radius 3 is 2.67 bits per heavy atom. The monoisotopic (exact) mass is 252 g/mol.